The number of rotatable bonds is 1. The number of hydrogen-bond donors (Lipinski definition) is 1. The van der Waals surface area contributed by atoms with Crippen LogP contribution in [-0.4, -0.2) is 33.3 Å². The maximum absolute atomic E-state index is 10.1. The van der Waals surface area contributed by atoms with Gasteiger partial charge < -0.3 is 9.84 Å². The summed E-state index contributed by atoms with van der Waals surface area (Å²) in [6, 6.07) is 0. The van der Waals surface area contributed by atoms with Gasteiger partial charge in [-0.2, -0.15) is 15.0 Å². The van der Waals surface area contributed by atoms with E-state index in [0.29, 0.717) is 18.7 Å². The van der Waals surface area contributed by atoms with Crippen LogP contribution in [0.15, 0.2) is 6.20 Å². The summed E-state index contributed by atoms with van der Waals surface area (Å²) in [4.78, 5) is 1.45. The molecule has 5 heteroatoms. The monoisotopic (exact) mass is 183 g/mol. The lowest BCUT2D eigenvalue weighted by molar-refractivity contribution is -0.0930. The van der Waals surface area contributed by atoms with Crippen LogP contribution in [0.25, 0.3) is 0 Å². The first-order valence-electron chi connectivity index (χ1n) is 4.38. The summed E-state index contributed by atoms with van der Waals surface area (Å²) in [5.74, 6) is 0. The van der Waals surface area contributed by atoms with Crippen LogP contribution in [0.5, 0.6) is 0 Å². The van der Waals surface area contributed by atoms with Gasteiger partial charge in [0.1, 0.15) is 11.3 Å². The molecule has 1 N–H and O–H groups in total. The molecule has 13 heavy (non-hydrogen) atoms. The predicted octanol–water partition coefficient (Wildman–Crippen LogP) is -0.187. The molecular weight excluding hydrogens is 170 g/mol. The summed E-state index contributed by atoms with van der Waals surface area (Å²) >= 11 is 0. The van der Waals surface area contributed by atoms with Crippen molar-refractivity contribution in [1.29, 1.82) is 0 Å². The molecule has 0 aromatic carbocycles. The molecule has 1 aliphatic heterocycles. The highest BCUT2D eigenvalue weighted by molar-refractivity contribution is 5.07. The lowest BCUT2D eigenvalue weighted by Gasteiger charge is -2.29. The van der Waals surface area contributed by atoms with Crippen LogP contribution >= 0.6 is 0 Å². The molecular formula is C8H13N3O2. The van der Waals surface area contributed by atoms with Gasteiger partial charge in [0.2, 0.25) is 0 Å². The number of aromatic nitrogens is 3. The van der Waals surface area contributed by atoms with Gasteiger partial charge in [-0.3, -0.25) is 0 Å². The van der Waals surface area contributed by atoms with Crippen molar-refractivity contribution in [2.75, 3.05) is 13.2 Å². The Morgan fingerprint density at radius 2 is 2.54 bits per heavy atom. The molecule has 1 aromatic heterocycles. The second-order valence-corrected chi connectivity index (χ2v) is 3.41. The molecule has 1 aromatic rings. The van der Waals surface area contributed by atoms with Crippen LogP contribution in [0.3, 0.4) is 0 Å². The van der Waals surface area contributed by atoms with Gasteiger partial charge in [0.15, 0.2) is 0 Å². The van der Waals surface area contributed by atoms with Crippen LogP contribution in [0.1, 0.15) is 18.5 Å². The van der Waals surface area contributed by atoms with E-state index in [4.69, 9.17) is 4.74 Å². The zero-order valence-electron chi connectivity index (χ0n) is 7.60. The van der Waals surface area contributed by atoms with Crippen molar-refractivity contribution in [3.05, 3.63) is 11.9 Å². The van der Waals surface area contributed by atoms with Crippen molar-refractivity contribution < 1.29 is 9.84 Å². The van der Waals surface area contributed by atoms with E-state index in [-0.39, 0.29) is 0 Å². The van der Waals surface area contributed by atoms with Crippen LogP contribution in [0, 0.1) is 0 Å². The molecule has 0 radical (unpaired) electrons. The topological polar surface area (TPSA) is 60.2 Å². The van der Waals surface area contributed by atoms with Crippen molar-refractivity contribution in [3.63, 3.8) is 0 Å². The van der Waals surface area contributed by atoms with Crippen molar-refractivity contribution in [2.24, 2.45) is 7.05 Å². The molecule has 2 heterocycles. The molecule has 1 fully saturated rings. The molecule has 2 rings (SSSR count). The number of hydrogen-bond acceptors (Lipinski definition) is 4. The lowest BCUT2D eigenvalue weighted by atomic mass is 9.94. The van der Waals surface area contributed by atoms with Gasteiger partial charge in [-0.05, 0) is 12.8 Å². The first kappa shape index (κ1) is 8.65. The maximum atomic E-state index is 10.1. The molecule has 0 amide bonds. The average Bonchev–Trinajstić information content (AvgIpc) is 2.54. The fourth-order valence-electron chi connectivity index (χ4n) is 1.54. The molecule has 0 aliphatic carbocycles. The highest BCUT2D eigenvalue weighted by Gasteiger charge is 2.34. The van der Waals surface area contributed by atoms with Gasteiger partial charge in [0.05, 0.1) is 12.8 Å². The number of aliphatic hydroxyl groups is 1. The fraction of sp³-hybridized carbons (Fsp3) is 0.750. The minimum atomic E-state index is -0.924. The Bertz CT molecular complexity index is 291. The van der Waals surface area contributed by atoms with Gasteiger partial charge >= 0.3 is 0 Å². The van der Waals surface area contributed by atoms with E-state index in [2.05, 4.69) is 10.2 Å². The molecule has 0 bridgehead atoms. The Morgan fingerprint density at radius 1 is 1.69 bits per heavy atom. The molecule has 1 atom stereocenters. The molecule has 0 spiro atoms. The second kappa shape index (κ2) is 3.08. The number of nitrogens with zero attached hydrogens (tertiary/aromatic N) is 3. The third-order valence-corrected chi connectivity index (χ3v) is 2.30. The third kappa shape index (κ3) is 1.57. The van der Waals surface area contributed by atoms with Crippen LogP contribution in [0.4, 0.5) is 0 Å². The Kier molecular flexibility index (Phi) is 2.05. The van der Waals surface area contributed by atoms with E-state index in [1.165, 1.54) is 4.80 Å². The Morgan fingerprint density at radius 3 is 3.08 bits per heavy atom. The normalized spacial score (nSPS) is 29.1. The summed E-state index contributed by atoms with van der Waals surface area (Å²) in [6.45, 7) is 1.05. The standard InChI is InChI=1S/C8H13N3O2/c1-11-9-5-7(10-11)8(12)3-2-4-13-6-8/h5,12H,2-4,6H2,1H3. The minimum Gasteiger partial charge on any atom is -0.381 e. The lowest BCUT2D eigenvalue weighted by Crippen LogP contribution is -2.36. The maximum Gasteiger partial charge on any atom is 0.133 e. The van der Waals surface area contributed by atoms with E-state index in [0.717, 1.165) is 13.0 Å². The van der Waals surface area contributed by atoms with Crippen LogP contribution < -0.4 is 0 Å². The van der Waals surface area contributed by atoms with Crippen LogP contribution in [0.2, 0.25) is 0 Å². The van der Waals surface area contributed by atoms with Gasteiger partial charge in [-0.15, -0.1) is 0 Å². The third-order valence-electron chi connectivity index (χ3n) is 2.30. The van der Waals surface area contributed by atoms with Crippen molar-refractivity contribution in [3.8, 4) is 0 Å². The van der Waals surface area contributed by atoms with E-state index in [9.17, 15) is 5.11 Å². The summed E-state index contributed by atoms with van der Waals surface area (Å²) in [5.41, 5.74) is -0.318. The first-order valence-corrected chi connectivity index (χ1v) is 4.38. The Balaban J connectivity index is 2.22. The van der Waals surface area contributed by atoms with Gasteiger partial charge in [0, 0.05) is 13.7 Å². The minimum absolute atomic E-state index is 0.325. The van der Waals surface area contributed by atoms with E-state index < -0.39 is 5.60 Å². The van der Waals surface area contributed by atoms with Crippen molar-refractivity contribution in [1.82, 2.24) is 15.0 Å². The molecule has 1 unspecified atom stereocenters. The highest BCUT2D eigenvalue weighted by atomic mass is 16.5. The summed E-state index contributed by atoms with van der Waals surface area (Å²) in [7, 11) is 1.73. The van der Waals surface area contributed by atoms with Crippen LogP contribution in [-0.2, 0) is 17.4 Å². The Labute approximate surface area is 76.3 Å². The SMILES string of the molecule is Cn1ncc(C2(O)CCCOC2)n1. The highest BCUT2D eigenvalue weighted by Crippen LogP contribution is 2.27. The van der Waals surface area contributed by atoms with Gasteiger partial charge in [-0.1, -0.05) is 0 Å². The summed E-state index contributed by atoms with van der Waals surface area (Å²) in [6.07, 6.45) is 3.16. The van der Waals surface area contributed by atoms with E-state index in [1.807, 2.05) is 0 Å². The zero-order valence-corrected chi connectivity index (χ0v) is 7.60. The van der Waals surface area contributed by atoms with Gasteiger partial charge in [0.25, 0.3) is 0 Å². The summed E-state index contributed by atoms with van der Waals surface area (Å²) < 4.78 is 5.22. The fourth-order valence-corrected chi connectivity index (χ4v) is 1.54. The van der Waals surface area contributed by atoms with Crippen molar-refractivity contribution >= 4 is 0 Å². The zero-order chi connectivity index (χ0) is 9.31. The van der Waals surface area contributed by atoms with E-state index in [1.54, 1.807) is 13.2 Å². The molecule has 1 saturated heterocycles. The number of aryl methyl sites for hydroxylation is 1. The molecule has 72 valence electrons. The largest absolute Gasteiger partial charge is 0.381 e. The van der Waals surface area contributed by atoms with Crippen molar-refractivity contribution in [2.45, 2.75) is 18.4 Å². The molecule has 5 nitrogen and oxygen atoms in total. The molecule has 1 aliphatic rings. The molecule has 0 saturated carbocycles. The first-order chi connectivity index (χ1) is 6.21. The van der Waals surface area contributed by atoms with E-state index >= 15 is 0 Å². The van der Waals surface area contributed by atoms with Gasteiger partial charge in [-0.25, -0.2) is 0 Å². The Hall–Kier alpha value is -0.940. The summed E-state index contributed by atoms with van der Waals surface area (Å²) in [5, 5.41) is 18.1. The predicted molar refractivity (Wildman–Crippen MR) is 45.0 cm³/mol. The number of ether oxygens (including phenoxy) is 1. The smallest absolute Gasteiger partial charge is 0.133 e. The average molecular weight is 183 g/mol. The quantitative estimate of drug-likeness (QED) is 0.655. The second-order valence-electron chi connectivity index (χ2n) is 3.41.